The van der Waals surface area contributed by atoms with Crippen molar-refractivity contribution in [2.24, 2.45) is 5.92 Å². The molecule has 0 aliphatic heterocycles. The summed E-state index contributed by atoms with van der Waals surface area (Å²) in [7, 11) is 0. The molecule has 0 rings (SSSR count). The Morgan fingerprint density at radius 2 is 1.54 bits per heavy atom. The van der Waals surface area contributed by atoms with Gasteiger partial charge in [-0.2, -0.15) is 0 Å². The van der Waals surface area contributed by atoms with Crippen molar-refractivity contribution in [3.05, 3.63) is 11.1 Å². The van der Waals surface area contributed by atoms with Crippen LogP contribution in [0.25, 0.3) is 0 Å². The molecular formula is C11H20O2. The lowest BCUT2D eigenvalue weighted by molar-refractivity contribution is -0.143. The molecular weight excluding hydrogens is 164 g/mol. The summed E-state index contributed by atoms with van der Waals surface area (Å²) in [6, 6.07) is 0. The number of allylic oxidation sites excluding steroid dienone is 1. The fourth-order valence-corrected chi connectivity index (χ4v) is 1.29. The number of carbonyl (C=O) groups excluding carboxylic acids is 1. The van der Waals surface area contributed by atoms with Gasteiger partial charge in [0.25, 0.3) is 0 Å². The summed E-state index contributed by atoms with van der Waals surface area (Å²) < 4.78 is 5.14. The maximum Gasteiger partial charge on any atom is 0.334 e. The van der Waals surface area contributed by atoms with E-state index in [4.69, 9.17) is 4.74 Å². The summed E-state index contributed by atoms with van der Waals surface area (Å²) in [6.07, 6.45) is -0.0411. The molecule has 0 radical (unpaired) electrons. The predicted molar refractivity (Wildman–Crippen MR) is 54.4 cm³/mol. The van der Waals surface area contributed by atoms with Crippen molar-refractivity contribution in [1.29, 1.82) is 0 Å². The fraction of sp³-hybridized carbons (Fsp3) is 0.727. The molecule has 0 spiro atoms. The van der Waals surface area contributed by atoms with Gasteiger partial charge >= 0.3 is 5.97 Å². The van der Waals surface area contributed by atoms with Crippen LogP contribution in [0.4, 0.5) is 0 Å². The van der Waals surface area contributed by atoms with E-state index in [2.05, 4.69) is 0 Å². The van der Waals surface area contributed by atoms with Gasteiger partial charge in [-0.25, -0.2) is 4.79 Å². The number of carbonyl (C=O) groups is 1. The van der Waals surface area contributed by atoms with Crippen LogP contribution < -0.4 is 0 Å². The summed E-state index contributed by atoms with van der Waals surface area (Å²) in [4.78, 5) is 11.6. The molecule has 0 aromatic heterocycles. The van der Waals surface area contributed by atoms with Gasteiger partial charge in [0.05, 0.1) is 6.10 Å². The molecule has 0 bridgehead atoms. The lowest BCUT2D eigenvalue weighted by Crippen LogP contribution is -2.17. The predicted octanol–water partition coefficient (Wildman–Crippen LogP) is 2.93. The second-order valence-corrected chi connectivity index (χ2v) is 4.02. The van der Waals surface area contributed by atoms with Crippen LogP contribution in [0, 0.1) is 5.92 Å². The van der Waals surface area contributed by atoms with Crippen molar-refractivity contribution in [3.63, 3.8) is 0 Å². The largest absolute Gasteiger partial charge is 0.460 e. The van der Waals surface area contributed by atoms with E-state index in [-0.39, 0.29) is 18.0 Å². The highest BCUT2D eigenvalue weighted by molar-refractivity contribution is 5.89. The number of esters is 1. The van der Waals surface area contributed by atoms with E-state index >= 15 is 0 Å². The Morgan fingerprint density at radius 1 is 1.08 bits per heavy atom. The van der Waals surface area contributed by atoms with Crippen LogP contribution in [-0.2, 0) is 9.53 Å². The van der Waals surface area contributed by atoms with Gasteiger partial charge in [0.2, 0.25) is 0 Å². The molecule has 0 aromatic carbocycles. The normalized spacial score (nSPS) is 10.5. The Hall–Kier alpha value is -0.790. The third kappa shape index (κ3) is 4.11. The van der Waals surface area contributed by atoms with Crippen LogP contribution in [0.15, 0.2) is 11.1 Å². The standard InChI is InChI=1S/C11H20O2/c1-7(2)10(8(3)4)11(12)13-9(5)6/h7,9H,1-6H3. The minimum absolute atomic E-state index is 0.0411. The molecule has 0 fully saturated rings. The SMILES string of the molecule is CC(C)=C(C(=O)OC(C)C)C(C)C. The van der Waals surface area contributed by atoms with E-state index in [1.165, 1.54) is 0 Å². The number of hydrogen-bond acceptors (Lipinski definition) is 2. The lowest BCUT2D eigenvalue weighted by Gasteiger charge is -2.14. The smallest absolute Gasteiger partial charge is 0.334 e. The lowest BCUT2D eigenvalue weighted by atomic mass is 9.99. The zero-order valence-corrected chi connectivity index (χ0v) is 9.47. The Kier molecular flexibility index (Phi) is 4.74. The molecule has 0 aromatic rings. The maximum atomic E-state index is 11.6. The van der Waals surface area contributed by atoms with Crippen LogP contribution in [-0.4, -0.2) is 12.1 Å². The average molecular weight is 184 g/mol. The van der Waals surface area contributed by atoms with Gasteiger partial charge in [0.15, 0.2) is 0 Å². The van der Waals surface area contributed by atoms with Crippen molar-refractivity contribution >= 4 is 5.97 Å². The highest BCUT2D eigenvalue weighted by atomic mass is 16.5. The first-order valence-corrected chi connectivity index (χ1v) is 4.74. The molecule has 76 valence electrons. The van der Waals surface area contributed by atoms with Crippen molar-refractivity contribution in [2.75, 3.05) is 0 Å². The molecule has 0 N–H and O–H groups in total. The molecule has 13 heavy (non-hydrogen) atoms. The molecule has 0 aliphatic carbocycles. The van der Waals surface area contributed by atoms with Crippen LogP contribution in [0.1, 0.15) is 41.5 Å². The highest BCUT2D eigenvalue weighted by Gasteiger charge is 2.17. The van der Waals surface area contributed by atoms with Crippen LogP contribution in [0.3, 0.4) is 0 Å². The van der Waals surface area contributed by atoms with Crippen molar-refractivity contribution in [1.82, 2.24) is 0 Å². The molecule has 2 nitrogen and oxygen atoms in total. The zero-order chi connectivity index (χ0) is 10.6. The number of ether oxygens (including phenoxy) is 1. The van der Waals surface area contributed by atoms with Gasteiger partial charge in [0.1, 0.15) is 0 Å². The summed E-state index contributed by atoms with van der Waals surface area (Å²) in [6.45, 7) is 11.6. The quantitative estimate of drug-likeness (QED) is 0.498. The molecule has 2 heteroatoms. The Labute approximate surface area is 81.0 Å². The van der Waals surface area contributed by atoms with Gasteiger partial charge in [-0.1, -0.05) is 19.4 Å². The van der Waals surface area contributed by atoms with E-state index in [9.17, 15) is 4.79 Å². The van der Waals surface area contributed by atoms with Gasteiger partial charge in [-0.3, -0.25) is 0 Å². The molecule has 0 saturated carbocycles. The van der Waals surface area contributed by atoms with E-state index < -0.39 is 0 Å². The Morgan fingerprint density at radius 3 is 1.77 bits per heavy atom. The van der Waals surface area contributed by atoms with Crippen molar-refractivity contribution in [3.8, 4) is 0 Å². The monoisotopic (exact) mass is 184 g/mol. The summed E-state index contributed by atoms with van der Waals surface area (Å²) in [5, 5.41) is 0. The highest BCUT2D eigenvalue weighted by Crippen LogP contribution is 2.16. The molecule has 0 atom stereocenters. The molecule has 0 saturated heterocycles. The summed E-state index contributed by atoms with van der Waals surface area (Å²) >= 11 is 0. The minimum Gasteiger partial charge on any atom is -0.460 e. The first-order valence-electron chi connectivity index (χ1n) is 4.74. The fourth-order valence-electron chi connectivity index (χ4n) is 1.29. The van der Waals surface area contributed by atoms with Crippen molar-refractivity contribution < 1.29 is 9.53 Å². The first kappa shape index (κ1) is 12.2. The minimum atomic E-state index is -0.176. The first-order chi connectivity index (χ1) is 5.86. The Bertz CT molecular complexity index is 208. The maximum absolute atomic E-state index is 11.6. The molecule has 0 heterocycles. The van der Waals surface area contributed by atoms with Crippen LogP contribution in [0.2, 0.25) is 0 Å². The van der Waals surface area contributed by atoms with E-state index in [0.29, 0.717) is 0 Å². The average Bonchev–Trinajstić information content (AvgIpc) is 1.81. The zero-order valence-electron chi connectivity index (χ0n) is 9.47. The molecule has 0 unspecified atom stereocenters. The topological polar surface area (TPSA) is 26.3 Å². The van der Waals surface area contributed by atoms with E-state index in [1.54, 1.807) is 0 Å². The van der Waals surface area contributed by atoms with Gasteiger partial charge < -0.3 is 4.74 Å². The van der Waals surface area contributed by atoms with Crippen LogP contribution in [0.5, 0.6) is 0 Å². The van der Waals surface area contributed by atoms with E-state index in [1.807, 2.05) is 41.5 Å². The second-order valence-electron chi connectivity index (χ2n) is 4.02. The van der Waals surface area contributed by atoms with Crippen LogP contribution >= 0.6 is 0 Å². The van der Waals surface area contributed by atoms with E-state index in [0.717, 1.165) is 11.1 Å². The molecule has 0 amide bonds. The number of hydrogen-bond donors (Lipinski definition) is 0. The van der Waals surface area contributed by atoms with Gasteiger partial charge in [0, 0.05) is 5.57 Å². The third-order valence-electron chi connectivity index (χ3n) is 1.68. The van der Waals surface area contributed by atoms with Gasteiger partial charge in [-0.05, 0) is 33.6 Å². The van der Waals surface area contributed by atoms with Crippen molar-refractivity contribution in [2.45, 2.75) is 47.6 Å². The summed E-state index contributed by atoms with van der Waals surface area (Å²) in [5.41, 5.74) is 1.84. The molecule has 0 aliphatic rings. The number of rotatable bonds is 3. The summed E-state index contributed by atoms with van der Waals surface area (Å²) in [5.74, 6) is 0.0567. The van der Waals surface area contributed by atoms with Gasteiger partial charge in [-0.15, -0.1) is 0 Å². The third-order valence-corrected chi connectivity index (χ3v) is 1.68. The Balaban J connectivity index is 4.60. The second kappa shape index (κ2) is 5.05.